The summed E-state index contributed by atoms with van der Waals surface area (Å²) in [6.07, 6.45) is -0.0854. The molecule has 1 rings (SSSR count). The number of ketones is 1. The smallest absolute Gasteiger partial charge is 0.307 e. The summed E-state index contributed by atoms with van der Waals surface area (Å²) >= 11 is 5.75. The molecule has 0 radical (unpaired) electrons. The Labute approximate surface area is 116 Å². The first-order valence-corrected chi connectivity index (χ1v) is 6.17. The second kappa shape index (κ2) is 7.89. The maximum absolute atomic E-state index is 12.2. The Kier molecular flexibility index (Phi) is 6.49. The summed E-state index contributed by atoms with van der Waals surface area (Å²) in [4.78, 5) is 23.5. The van der Waals surface area contributed by atoms with E-state index in [1.807, 2.05) is 0 Å². The van der Waals surface area contributed by atoms with Crippen LogP contribution in [-0.2, 0) is 9.53 Å². The van der Waals surface area contributed by atoms with Crippen molar-refractivity contribution in [1.29, 1.82) is 0 Å². The molecule has 0 aliphatic heterocycles. The van der Waals surface area contributed by atoms with E-state index < -0.39 is 12.0 Å². The zero-order valence-electron chi connectivity index (χ0n) is 10.6. The Hall–Kier alpha value is -1.43. The lowest BCUT2D eigenvalue weighted by atomic mass is 10.0. The highest BCUT2D eigenvalue weighted by molar-refractivity contribution is 6.30. The molecule has 5 nitrogen and oxygen atoms in total. The van der Waals surface area contributed by atoms with Crippen LogP contribution in [0.15, 0.2) is 24.3 Å². The van der Waals surface area contributed by atoms with Gasteiger partial charge in [-0.3, -0.25) is 9.59 Å². The van der Waals surface area contributed by atoms with Gasteiger partial charge in [-0.1, -0.05) is 11.6 Å². The van der Waals surface area contributed by atoms with E-state index in [0.29, 0.717) is 10.6 Å². The first-order valence-electron chi connectivity index (χ1n) is 5.79. The van der Waals surface area contributed by atoms with E-state index in [1.54, 1.807) is 24.3 Å². The predicted octanol–water partition coefficient (Wildman–Crippen LogP) is 1.04. The van der Waals surface area contributed by atoms with E-state index in [9.17, 15) is 9.59 Å². The van der Waals surface area contributed by atoms with Crippen LogP contribution in [0, 0.1) is 0 Å². The highest BCUT2D eigenvalue weighted by Gasteiger charge is 2.22. The molecule has 0 heterocycles. The Bertz CT molecular complexity index is 433. The molecule has 1 aromatic carbocycles. The van der Waals surface area contributed by atoms with Crippen LogP contribution >= 0.6 is 11.6 Å². The predicted molar refractivity (Wildman–Crippen MR) is 71.3 cm³/mol. The van der Waals surface area contributed by atoms with Crippen LogP contribution in [-0.4, -0.2) is 43.2 Å². The van der Waals surface area contributed by atoms with E-state index in [1.165, 1.54) is 7.11 Å². The van der Waals surface area contributed by atoms with Crippen molar-refractivity contribution in [2.45, 2.75) is 12.5 Å². The van der Waals surface area contributed by atoms with Gasteiger partial charge >= 0.3 is 5.97 Å². The topological polar surface area (TPSA) is 75.6 Å². The maximum Gasteiger partial charge on any atom is 0.307 e. The van der Waals surface area contributed by atoms with Crippen molar-refractivity contribution in [2.75, 3.05) is 20.3 Å². The number of nitrogens with one attached hydrogen (secondary N) is 1. The average molecular weight is 286 g/mol. The molecule has 1 atom stereocenters. The lowest BCUT2D eigenvalue weighted by molar-refractivity contribution is -0.141. The van der Waals surface area contributed by atoms with Crippen molar-refractivity contribution in [3.8, 4) is 0 Å². The molecule has 6 heteroatoms. The maximum atomic E-state index is 12.2. The van der Waals surface area contributed by atoms with Crippen molar-refractivity contribution in [1.82, 2.24) is 5.32 Å². The minimum atomic E-state index is -0.722. The Morgan fingerprint density at radius 1 is 1.37 bits per heavy atom. The van der Waals surface area contributed by atoms with E-state index in [-0.39, 0.29) is 25.4 Å². The fraction of sp³-hybridized carbons (Fsp3) is 0.385. The Balaban J connectivity index is 2.80. The standard InChI is InChI=1S/C13H16ClNO4/c1-19-12(17)8-11(15-6-7-16)13(18)9-2-4-10(14)5-3-9/h2-5,11,15-16H,6-8H2,1H3. The SMILES string of the molecule is COC(=O)CC(NCCO)C(=O)c1ccc(Cl)cc1. The van der Waals surface area contributed by atoms with Gasteiger partial charge in [0, 0.05) is 17.1 Å². The van der Waals surface area contributed by atoms with Gasteiger partial charge in [0.2, 0.25) is 0 Å². The first kappa shape index (κ1) is 15.6. The highest BCUT2D eigenvalue weighted by Crippen LogP contribution is 2.12. The molecule has 1 unspecified atom stereocenters. The molecule has 0 aromatic heterocycles. The average Bonchev–Trinajstić information content (AvgIpc) is 2.43. The monoisotopic (exact) mass is 285 g/mol. The summed E-state index contributed by atoms with van der Waals surface area (Å²) in [6, 6.07) is 5.68. The van der Waals surface area contributed by atoms with E-state index in [2.05, 4.69) is 10.1 Å². The highest BCUT2D eigenvalue weighted by atomic mass is 35.5. The number of carbonyl (C=O) groups excluding carboxylic acids is 2. The number of ether oxygens (including phenoxy) is 1. The molecule has 0 aliphatic rings. The first-order chi connectivity index (χ1) is 9.08. The van der Waals surface area contributed by atoms with Crippen LogP contribution in [0.1, 0.15) is 16.8 Å². The fourth-order valence-corrected chi connectivity index (χ4v) is 1.69. The molecule has 0 fully saturated rings. The van der Waals surface area contributed by atoms with Crippen molar-refractivity contribution in [3.63, 3.8) is 0 Å². The summed E-state index contributed by atoms with van der Waals surface area (Å²) in [5, 5.41) is 12.1. The van der Waals surface area contributed by atoms with Gasteiger partial charge in [-0.15, -0.1) is 0 Å². The van der Waals surface area contributed by atoms with Gasteiger partial charge in [0.15, 0.2) is 5.78 Å². The molecule has 0 saturated heterocycles. The lowest BCUT2D eigenvalue weighted by Crippen LogP contribution is -2.40. The molecule has 0 saturated carbocycles. The van der Waals surface area contributed by atoms with Crippen LogP contribution in [0.4, 0.5) is 0 Å². The number of hydrogen-bond donors (Lipinski definition) is 2. The van der Waals surface area contributed by atoms with Crippen molar-refractivity contribution in [2.24, 2.45) is 0 Å². The van der Waals surface area contributed by atoms with Gasteiger partial charge in [-0.2, -0.15) is 0 Å². The van der Waals surface area contributed by atoms with Gasteiger partial charge < -0.3 is 15.2 Å². The zero-order valence-corrected chi connectivity index (χ0v) is 11.3. The minimum Gasteiger partial charge on any atom is -0.469 e. The molecule has 0 bridgehead atoms. The zero-order chi connectivity index (χ0) is 14.3. The summed E-state index contributed by atoms with van der Waals surface area (Å²) in [5.74, 6) is -0.728. The molecule has 0 aliphatic carbocycles. The number of Topliss-reactive ketones (excluding diaryl/α,β-unsaturated/α-hetero) is 1. The summed E-state index contributed by atoms with van der Waals surface area (Å²) in [5.41, 5.74) is 0.448. The molecule has 19 heavy (non-hydrogen) atoms. The fourth-order valence-electron chi connectivity index (χ4n) is 1.56. The van der Waals surface area contributed by atoms with Gasteiger partial charge in [0.1, 0.15) is 0 Å². The normalized spacial score (nSPS) is 11.9. The van der Waals surface area contributed by atoms with Crippen LogP contribution in [0.25, 0.3) is 0 Å². The third-order valence-corrected chi connectivity index (χ3v) is 2.80. The van der Waals surface area contributed by atoms with E-state index in [0.717, 1.165) is 0 Å². The molecule has 0 spiro atoms. The minimum absolute atomic E-state index is 0.0854. The largest absolute Gasteiger partial charge is 0.469 e. The molecule has 1 aromatic rings. The quantitative estimate of drug-likeness (QED) is 0.578. The number of rotatable bonds is 7. The molecular weight excluding hydrogens is 270 g/mol. The third-order valence-electron chi connectivity index (χ3n) is 2.55. The van der Waals surface area contributed by atoms with Gasteiger partial charge in [0.05, 0.1) is 26.2 Å². The lowest BCUT2D eigenvalue weighted by Gasteiger charge is -2.16. The second-order valence-corrected chi connectivity index (χ2v) is 4.32. The third kappa shape index (κ3) is 4.98. The van der Waals surface area contributed by atoms with Crippen LogP contribution < -0.4 is 5.32 Å². The molecule has 0 amide bonds. The molecule has 2 N–H and O–H groups in total. The number of benzene rings is 1. The molecular formula is C13H16ClNO4. The number of esters is 1. The van der Waals surface area contributed by atoms with Crippen molar-refractivity contribution < 1.29 is 19.4 Å². The number of carbonyl (C=O) groups is 2. The van der Waals surface area contributed by atoms with Crippen molar-refractivity contribution >= 4 is 23.4 Å². The molecule has 104 valence electrons. The summed E-state index contributed by atoms with van der Waals surface area (Å²) in [6.45, 7) is 0.104. The van der Waals surface area contributed by atoms with Gasteiger partial charge in [-0.05, 0) is 24.3 Å². The Morgan fingerprint density at radius 3 is 2.53 bits per heavy atom. The number of aliphatic hydroxyl groups is 1. The van der Waals surface area contributed by atoms with Crippen LogP contribution in [0.5, 0.6) is 0 Å². The number of halogens is 1. The summed E-state index contributed by atoms with van der Waals surface area (Å²) in [7, 11) is 1.26. The van der Waals surface area contributed by atoms with Crippen molar-refractivity contribution in [3.05, 3.63) is 34.9 Å². The van der Waals surface area contributed by atoms with Crippen LogP contribution in [0.2, 0.25) is 5.02 Å². The van der Waals surface area contributed by atoms with Gasteiger partial charge in [-0.25, -0.2) is 0 Å². The van der Waals surface area contributed by atoms with E-state index in [4.69, 9.17) is 16.7 Å². The second-order valence-electron chi connectivity index (χ2n) is 3.88. The van der Waals surface area contributed by atoms with E-state index >= 15 is 0 Å². The summed E-state index contributed by atoms with van der Waals surface area (Å²) < 4.78 is 4.55. The number of aliphatic hydroxyl groups excluding tert-OH is 1. The van der Waals surface area contributed by atoms with Crippen LogP contribution in [0.3, 0.4) is 0 Å². The van der Waals surface area contributed by atoms with Gasteiger partial charge in [0.25, 0.3) is 0 Å². The number of hydrogen-bond acceptors (Lipinski definition) is 5. The number of methoxy groups -OCH3 is 1. The Morgan fingerprint density at radius 2 is 2.00 bits per heavy atom.